The van der Waals surface area contributed by atoms with Crippen molar-refractivity contribution in [2.75, 3.05) is 26.5 Å². The van der Waals surface area contributed by atoms with Gasteiger partial charge in [0.15, 0.2) is 0 Å². The summed E-state index contributed by atoms with van der Waals surface area (Å²) in [7, 11) is 5.15. The molecule has 1 aromatic carbocycles. The van der Waals surface area contributed by atoms with Crippen LogP contribution in [0.5, 0.6) is 5.75 Å². The van der Waals surface area contributed by atoms with Crippen LogP contribution in [0.4, 0.5) is 5.82 Å². The van der Waals surface area contributed by atoms with Crippen molar-refractivity contribution in [1.29, 1.82) is 0 Å². The van der Waals surface area contributed by atoms with Gasteiger partial charge in [0.1, 0.15) is 11.6 Å². The summed E-state index contributed by atoms with van der Waals surface area (Å²) in [5.74, 6) is 1.29. The van der Waals surface area contributed by atoms with Gasteiger partial charge in [0.05, 0.1) is 12.7 Å². The molecule has 0 saturated heterocycles. The van der Waals surface area contributed by atoms with Gasteiger partial charge in [-0.15, -0.1) is 0 Å². The van der Waals surface area contributed by atoms with Gasteiger partial charge in [-0.2, -0.15) is 0 Å². The van der Waals surface area contributed by atoms with Gasteiger partial charge in [0.2, 0.25) is 0 Å². The highest BCUT2D eigenvalue weighted by molar-refractivity contribution is 5.98. The van der Waals surface area contributed by atoms with E-state index < -0.39 is 0 Å². The predicted molar refractivity (Wildman–Crippen MR) is 82.6 cm³/mol. The van der Waals surface area contributed by atoms with Crippen LogP contribution in [-0.4, -0.2) is 37.0 Å². The number of anilines is 1. The maximum absolute atomic E-state index is 12.5. The first-order chi connectivity index (χ1) is 10.2. The van der Waals surface area contributed by atoms with Crippen molar-refractivity contribution in [2.24, 2.45) is 0 Å². The van der Waals surface area contributed by atoms with Gasteiger partial charge in [0.25, 0.3) is 5.91 Å². The summed E-state index contributed by atoms with van der Waals surface area (Å²) in [6.45, 7) is 0.508. The number of hydrogen-bond acceptors (Lipinski definition) is 4. The minimum absolute atomic E-state index is 0.0738. The molecule has 0 bridgehead atoms. The van der Waals surface area contributed by atoms with Crippen molar-refractivity contribution < 1.29 is 9.53 Å². The Morgan fingerprint density at radius 2 is 2.14 bits per heavy atom. The highest BCUT2D eigenvalue weighted by Crippen LogP contribution is 2.17. The predicted octanol–water partition coefficient (Wildman–Crippen LogP) is 2.40. The number of amides is 1. The smallest absolute Gasteiger partial charge is 0.257 e. The fourth-order valence-corrected chi connectivity index (χ4v) is 2.10. The lowest BCUT2D eigenvalue weighted by atomic mass is 10.1. The van der Waals surface area contributed by atoms with Crippen molar-refractivity contribution in [2.45, 2.75) is 6.54 Å². The number of carbonyl (C=O) groups excluding carboxylic acids is 1. The van der Waals surface area contributed by atoms with E-state index in [2.05, 4.69) is 10.3 Å². The second kappa shape index (κ2) is 6.74. The summed E-state index contributed by atoms with van der Waals surface area (Å²) < 4.78 is 5.19. The summed E-state index contributed by atoms with van der Waals surface area (Å²) in [4.78, 5) is 18.3. The minimum atomic E-state index is -0.0738. The fourth-order valence-electron chi connectivity index (χ4n) is 2.10. The van der Waals surface area contributed by atoms with Gasteiger partial charge >= 0.3 is 0 Å². The summed E-state index contributed by atoms with van der Waals surface area (Å²) >= 11 is 0. The zero-order valence-corrected chi connectivity index (χ0v) is 12.5. The number of pyridine rings is 1. The third-order valence-electron chi connectivity index (χ3n) is 3.18. The molecule has 0 fully saturated rings. The van der Waals surface area contributed by atoms with Crippen molar-refractivity contribution in [3.8, 4) is 5.75 Å². The second-order valence-electron chi connectivity index (χ2n) is 4.66. The Bertz CT molecular complexity index is 628. The van der Waals surface area contributed by atoms with Gasteiger partial charge in [-0.05, 0) is 29.8 Å². The maximum Gasteiger partial charge on any atom is 0.257 e. The summed E-state index contributed by atoms with van der Waals surface area (Å²) in [5.41, 5.74) is 1.57. The molecule has 0 unspecified atom stereocenters. The van der Waals surface area contributed by atoms with Crippen LogP contribution >= 0.6 is 0 Å². The number of aromatic nitrogens is 1. The molecule has 2 aromatic rings. The number of benzene rings is 1. The van der Waals surface area contributed by atoms with Crippen LogP contribution in [0.25, 0.3) is 0 Å². The first-order valence-corrected chi connectivity index (χ1v) is 6.67. The van der Waals surface area contributed by atoms with E-state index in [4.69, 9.17) is 4.74 Å². The second-order valence-corrected chi connectivity index (χ2v) is 4.66. The molecule has 1 N–H and O–H groups in total. The molecular weight excluding hydrogens is 266 g/mol. The highest BCUT2D eigenvalue weighted by atomic mass is 16.5. The zero-order valence-electron chi connectivity index (χ0n) is 12.5. The number of rotatable bonds is 5. The molecule has 0 saturated carbocycles. The molecule has 1 aromatic heterocycles. The van der Waals surface area contributed by atoms with Crippen LogP contribution in [0.3, 0.4) is 0 Å². The Kier molecular flexibility index (Phi) is 4.77. The van der Waals surface area contributed by atoms with E-state index in [1.165, 1.54) is 0 Å². The van der Waals surface area contributed by atoms with Crippen molar-refractivity contribution in [1.82, 2.24) is 9.88 Å². The molecule has 21 heavy (non-hydrogen) atoms. The van der Waals surface area contributed by atoms with Gasteiger partial charge in [-0.25, -0.2) is 4.98 Å². The van der Waals surface area contributed by atoms with Crippen LogP contribution < -0.4 is 10.1 Å². The molecule has 5 heteroatoms. The molecule has 0 radical (unpaired) electrons. The third kappa shape index (κ3) is 3.51. The number of ether oxygens (including phenoxy) is 1. The number of hydrogen-bond donors (Lipinski definition) is 1. The summed E-state index contributed by atoms with van der Waals surface area (Å²) in [6, 6.07) is 11.2. The van der Waals surface area contributed by atoms with Gasteiger partial charge in [0, 0.05) is 26.8 Å². The Morgan fingerprint density at radius 1 is 1.33 bits per heavy atom. The Balaban J connectivity index is 2.15. The molecule has 110 valence electrons. The quantitative estimate of drug-likeness (QED) is 0.916. The average Bonchev–Trinajstić information content (AvgIpc) is 2.54. The van der Waals surface area contributed by atoms with Gasteiger partial charge in [-0.3, -0.25) is 4.79 Å². The standard InChI is InChI=1S/C16H19N3O2/c1-17-15-14(8-5-9-18-15)16(20)19(2)11-12-6-4-7-13(10-12)21-3/h4-10H,11H2,1-3H3,(H,17,18). The van der Waals surface area contributed by atoms with Gasteiger partial charge in [-0.1, -0.05) is 12.1 Å². The number of nitrogens with one attached hydrogen (secondary N) is 1. The molecule has 0 aliphatic carbocycles. The lowest BCUT2D eigenvalue weighted by Crippen LogP contribution is -2.27. The first kappa shape index (κ1) is 14.8. The minimum Gasteiger partial charge on any atom is -0.497 e. The molecule has 2 rings (SSSR count). The van der Waals surface area contributed by atoms with Crippen molar-refractivity contribution in [3.05, 3.63) is 53.7 Å². The van der Waals surface area contributed by atoms with E-state index in [0.717, 1.165) is 11.3 Å². The molecule has 0 aliphatic heterocycles. The Labute approximate surface area is 124 Å². The Morgan fingerprint density at radius 3 is 2.86 bits per heavy atom. The lowest BCUT2D eigenvalue weighted by molar-refractivity contribution is 0.0785. The van der Waals surface area contributed by atoms with Gasteiger partial charge < -0.3 is 15.0 Å². The molecule has 5 nitrogen and oxygen atoms in total. The molecule has 0 atom stereocenters. The molecule has 1 amide bonds. The van der Waals surface area contributed by atoms with Crippen molar-refractivity contribution in [3.63, 3.8) is 0 Å². The topological polar surface area (TPSA) is 54.5 Å². The van der Waals surface area contributed by atoms with Crippen LogP contribution in [0.2, 0.25) is 0 Å². The number of carbonyl (C=O) groups is 1. The van der Waals surface area contributed by atoms with Crippen molar-refractivity contribution >= 4 is 11.7 Å². The average molecular weight is 285 g/mol. The summed E-state index contributed by atoms with van der Waals surface area (Å²) in [5, 5.41) is 2.93. The van der Waals surface area contributed by atoms with Crippen LogP contribution in [0.15, 0.2) is 42.6 Å². The Hall–Kier alpha value is -2.56. The van der Waals surface area contributed by atoms with E-state index in [0.29, 0.717) is 17.9 Å². The molecule has 0 spiro atoms. The van der Waals surface area contributed by atoms with E-state index >= 15 is 0 Å². The molecular formula is C16H19N3O2. The third-order valence-corrected chi connectivity index (χ3v) is 3.18. The largest absolute Gasteiger partial charge is 0.497 e. The van der Waals surface area contributed by atoms with E-state index in [9.17, 15) is 4.79 Å². The molecule has 0 aliphatic rings. The van der Waals surface area contributed by atoms with E-state index in [-0.39, 0.29) is 5.91 Å². The number of methoxy groups -OCH3 is 1. The van der Waals surface area contributed by atoms with E-state index in [1.54, 1.807) is 44.4 Å². The SMILES string of the molecule is CNc1ncccc1C(=O)N(C)Cc1cccc(OC)c1. The highest BCUT2D eigenvalue weighted by Gasteiger charge is 2.16. The lowest BCUT2D eigenvalue weighted by Gasteiger charge is -2.19. The van der Waals surface area contributed by atoms with E-state index in [1.807, 2.05) is 24.3 Å². The monoisotopic (exact) mass is 285 g/mol. The van der Waals surface area contributed by atoms with Crippen LogP contribution in [-0.2, 0) is 6.54 Å². The number of nitrogens with zero attached hydrogens (tertiary/aromatic N) is 2. The zero-order chi connectivity index (χ0) is 15.2. The normalized spacial score (nSPS) is 10.0. The fraction of sp³-hybridized carbons (Fsp3) is 0.250. The maximum atomic E-state index is 12.5. The first-order valence-electron chi connectivity index (χ1n) is 6.67. The van der Waals surface area contributed by atoms with Crippen LogP contribution in [0, 0.1) is 0 Å². The summed E-state index contributed by atoms with van der Waals surface area (Å²) in [6.07, 6.45) is 1.66. The van der Waals surface area contributed by atoms with Crippen LogP contribution in [0.1, 0.15) is 15.9 Å². The molecule has 1 heterocycles.